The van der Waals surface area contributed by atoms with Gasteiger partial charge in [-0.1, -0.05) is 0 Å². The number of hydrogen-bond acceptors (Lipinski definition) is 7. The highest BCUT2D eigenvalue weighted by Crippen LogP contribution is 2.20. The fraction of sp³-hybridized carbons (Fsp3) is 0.312. The van der Waals surface area contributed by atoms with Crippen molar-refractivity contribution >= 4 is 32.8 Å². The molecule has 1 saturated heterocycles. The first-order valence-corrected chi connectivity index (χ1v) is 9.72. The summed E-state index contributed by atoms with van der Waals surface area (Å²) in [5.41, 5.74) is 0.879. The maximum atomic E-state index is 12.5. The average molecular weight is 375 g/mol. The number of hydrogen-bond donors (Lipinski definition) is 2. The minimum absolute atomic E-state index is 0.00200. The van der Waals surface area contributed by atoms with Gasteiger partial charge in [0.25, 0.3) is 10.0 Å². The van der Waals surface area contributed by atoms with Crippen LogP contribution in [0.4, 0.5) is 11.6 Å². The van der Waals surface area contributed by atoms with E-state index >= 15 is 0 Å². The number of nitrogens with one attached hydrogen (secondary N) is 2. The summed E-state index contributed by atoms with van der Waals surface area (Å²) >= 11 is 0. The lowest BCUT2D eigenvalue weighted by atomic mass is 10.1. The second kappa shape index (κ2) is 6.45. The monoisotopic (exact) mass is 375 g/mol. The van der Waals surface area contributed by atoms with Gasteiger partial charge in [0.05, 0.1) is 28.5 Å². The highest BCUT2D eigenvalue weighted by Gasteiger charge is 2.18. The highest BCUT2D eigenvalue weighted by molar-refractivity contribution is 7.92. The van der Waals surface area contributed by atoms with E-state index < -0.39 is 15.8 Å². The van der Waals surface area contributed by atoms with Crippen molar-refractivity contribution < 1.29 is 12.8 Å². The summed E-state index contributed by atoms with van der Waals surface area (Å²) in [6, 6.07) is 4.13. The Bertz CT molecular complexity index is 1080. The molecule has 2 N–H and O–H groups in total. The quantitative estimate of drug-likeness (QED) is 0.712. The number of aromatic amines is 1. The maximum absolute atomic E-state index is 12.5. The average Bonchev–Trinajstić information content (AvgIpc) is 3.02. The third-order valence-corrected chi connectivity index (χ3v) is 5.61. The molecule has 1 fully saturated rings. The topological polar surface area (TPSA) is 121 Å². The molecule has 136 valence electrons. The molecule has 10 heteroatoms. The Hall–Kier alpha value is -2.88. The zero-order valence-corrected chi connectivity index (χ0v) is 14.6. The summed E-state index contributed by atoms with van der Waals surface area (Å²) in [7, 11) is -3.84. The van der Waals surface area contributed by atoms with Gasteiger partial charge in [0, 0.05) is 13.1 Å². The number of piperidine rings is 1. The molecule has 2 aromatic heterocycles. The molecule has 26 heavy (non-hydrogen) atoms. The lowest BCUT2D eigenvalue weighted by molar-refractivity contribution is 0.555. The van der Waals surface area contributed by atoms with Crippen LogP contribution in [-0.4, -0.2) is 36.5 Å². The summed E-state index contributed by atoms with van der Waals surface area (Å²) < 4.78 is 32.4. The number of anilines is 2. The van der Waals surface area contributed by atoms with Gasteiger partial charge in [-0.15, -0.1) is 0 Å². The highest BCUT2D eigenvalue weighted by atomic mass is 32.2. The first-order chi connectivity index (χ1) is 12.5. The number of oxazole rings is 1. The molecule has 0 saturated carbocycles. The van der Waals surface area contributed by atoms with Crippen LogP contribution in [-0.2, 0) is 10.0 Å². The summed E-state index contributed by atoms with van der Waals surface area (Å²) in [6.45, 7) is 1.82. The Morgan fingerprint density at radius 2 is 1.85 bits per heavy atom. The first kappa shape index (κ1) is 16.6. The van der Waals surface area contributed by atoms with Gasteiger partial charge in [-0.25, -0.2) is 23.2 Å². The largest absolute Gasteiger partial charge is 0.417 e. The molecular formula is C16H17N5O4S. The maximum Gasteiger partial charge on any atom is 0.417 e. The summed E-state index contributed by atoms with van der Waals surface area (Å²) in [5, 5.41) is 0. The number of fused-ring (bicyclic) bond motifs is 1. The molecule has 0 atom stereocenters. The molecule has 3 heterocycles. The molecule has 0 unspecified atom stereocenters. The van der Waals surface area contributed by atoms with E-state index in [1.54, 1.807) is 0 Å². The lowest BCUT2D eigenvalue weighted by Gasteiger charge is -2.26. The van der Waals surface area contributed by atoms with Crippen LogP contribution >= 0.6 is 0 Å². The van der Waals surface area contributed by atoms with E-state index in [0.717, 1.165) is 25.9 Å². The van der Waals surface area contributed by atoms with Gasteiger partial charge in [0.1, 0.15) is 0 Å². The third-order valence-electron chi connectivity index (χ3n) is 4.23. The number of aromatic nitrogens is 3. The Labute approximate surface area is 149 Å². The van der Waals surface area contributed by atoms with Crippen LogP contribution in [0.1, 0.15) is 19.3 Å². The Morgan fingerprint density at radius 1 is 1.12 bits per heavy atom. The molecular weight excluding hydrogens is 358 g/mol. The standard InChI is InChI=1S/C16H17N5O4S/c22-16-19-13-8-12(4-5-14(13)25-16)26(23,24)20-11-9-17-15(18-10-11)21-6-2-1-3-7-21/h4-5,8-10,20H,1-3,6-7H2,(H,19,22). The number of rotatable bonds is 4. The van der Waals surface area contributed by atoms with Gasteiger partial charge in [-0.05, 0) is 37.5 Å². The van der Waals surface area contributed by atoms with E-state index in [2.05, 4.69) is 24.6 Å². The number of nitrogens with zero attached hydrogens (tertiary/aromatic N) is 3. The van der Waals surface area contributed by atoms with Crippen molar-refractivity contribution in [3.63, 3.8) is 0 Å². The Balaban J connectivity index is 1.55. The van der Waals surface area contributed by atoms with Crippen molar-refractivity contribution in [2.75, 3.05) is 22.7 Å². The molecule has 9 nitrogen and oxygen atoms in total. The van der Waals surface area contributed by atoms with Crippen molar-refractivity contribution in [3.05, 3.63) is 41.1 Å². The van der Waals surface area contributed by atoms with Crippen LogP contribution < -0.4 is 15.4 Å². The van der Waals surface area contributed by atoms with Crippen LogP contribution in [0, 0.1) is 0 Å². The minimum atomic E-state index is -3.84. The van der Waals surface area contributed by atoms with E-state index in [9.17, 15) is 13.2 Å². The predicted octanol–water partition coefficient (Wildman–Crippen LogP) is 1.70. The molecule has 0 aliphatic carbocycles. The van der Waals surface area contributed by atoms with E-state index in [0.29, 0.717) is 17.0 Å². The molecule has 4 rings (SSSR count). The van der Waals surface area contributed by atoms with Crippen molar-refractivity contribution in [2.24, 2.45) is 0 Å². The van der Waals surface area contributed by atoms with Crippen molar-refractivity contribution in [1.82, 2.24) is 15.0 Å². The third kappa shape index (κ3) is 3.27. The first-order valence-electron chi connectivity index (χ1n) is 8.24. The molecule has 3 aromatic rings. The second-order valence-electron chi connectivity index (χ2n) is 6.10. The number of sulfonamides is 1. The fourth-order valence-corrected chi connectivity index (χ4v) is 4.00. The summed E-state index contributed by atoms with van der Waals surface area (Å²) in [5.74, 6) is -0.0331. The second-order valence-corrected chi connectivity index (χ2v) is 7.78. The van der Waals surface area contributed by atoms with Gasteiger partial charge >= 0.3 is 5.76 Å². The molecule has 0 spiro atoms. The van der Waals surface area contributed by atoms with E-state index in [1.165, 1.54) is 37.0 Å². The zero-order valence-electron chi connectivity index (χ0n) is 13.8. The molecule has 1 aromatic carbocycles. The van der Waals surface area contributed by atoms with E-state index in [1.807, 2.05) is 0 Å². The van der Waals surface area contributed by atoms with Crippen molar-refractivity contribution in [2.45, 2.75) is 24.2 Å². The van der Waals surface area contributed by atoms with Crippen molar-refractivity contribution in [1.29, 1.82) is 0 Å². The van der Waals surface area contributed by atoms with Gasteiger partial charge in [-0.2, -0.15) is 0 Å². The summed E-state index contributed by atoms with van der Waals surface area (Å²) in [6.07, 6.45) is 6.33. The summed E-state index contributed by atoms with van der Waals surface area (Å²) in [4.78, 5) is 24.2. The van der Waals surface area contributed by atoms with Gasteiger partial charge in [0.15, 0.2) is 5.58 Å². The molecule has 0 bridgehead atoms. The number of benzene rings is 1. The molecule has 0 amide bonds. The minimum Gasteiger partial charge on any atom is -0.408 e. The van der Waals surface area contributed by atoms with Gasteiger partial charge < -0.3 is 9.32 Å². The van der Waals surface area contributed by atoms with E-state index in [4.69, 9.17) is 4.42 Å². The van der Waals surface area contributed by atoms with Crippen LogP contribution in [0.25, 0.3) is 11.1 Å². The lowest BCUT2D eigenvalue weighted by Crippen LogP contribution is -2.30. The van der Waals surface area contributed by atoms with Crippen LogP contribution in [0.5, 0.6) is 0 Å². The fourth-order valence-electron chi connectivity index (χ4n) is 2.94. The molecule has 0 radical (unpaired) electrons. The van der Waals surface area contributed by atoms with E-state index in [-0.39, 0.29) is 10.6 Å². The van der Waals surface area contributed by atoms with Gasteiger partial charge in [-0.3, -0.25) is 9.71 Å². The van der Waals surface area contributed by atoms with Gasteiger partial charge in [0.2, 0.25) is 5.95 Å². The zero-order chi connectivity index (χ0) is 18.1. The SMILES string of the molecule is O=c1[nH]c2cc(S(=O)(=O)Nc3cnc(N4CCCCC4)nc3)ccc2o1. The predicted molar refractivity (Wildman–Crippen MR) is 95.7 cm³/mol. The van der Waals surface area contributed by atoms with Crippen LogP contribution in [0.3, 0.4) is 0 Å². The normalized spacial score (nSPS) is 15.3. The number of H-pyrrole nitrogens is 1. The molecule has 1 aliphatic heterocycles. The van der Waals surface area contributed by atoms with Crippen LogP contribution in [0.2, 0.25) is 0 Å². The van der Waals surface area contributed by atoms with Crippen LogP contribution in [0.15, 0.2) is 44.7 Å². The molecule has 1 aliphatic rings. The van der Waals surface area contributed by atoms with Crippen molar-refractivity contribution in [3.8, 4) is 0 Å². The Morgan fingerprint density at radius 3 is 2.58 bits per heavy atom. The Kier molecular flexibility index (Phi) is 4.11. The smallest absolute Gasteiger partial charge is 0.408 e.